The van der Waals surface area contributed by atoms with Crippen molar-refractivity contribution in [3.63, 3.8) is 0 Å². The van der Waals surface area contributed by atoms with E-state index in [2.05, 4.69) is 46.8 Å². The Kier molecular flexibility index (Phi) is 6.33. The van der Waals surface area contributed by atoms with Crippen LogP contribution in [-0.4, -0.2) is 12.4 Å². The molecule has 6 heteroatoms. The smallest absolute Gasteiger partial charge is 0.405 e. The summed E-state index contributed by atoms with van der Waals surface area (Å²) >= 11 is 3.10. The Balaban J connectivity index is 2.64. The average molecular weight is 354 g/mol. The molecule has 0 spiro atoms. The molecule has 2 nitrogen and oxygen atoms in total. The number of hydrogen-bond donors (Lipinski definition) is 1. The molecule has 0 fully saturated rings. The van der Waals surface area contributed by atoms with E-state index in [-0.39, 0.29) is 5.75 Å². The zero-order valence-electron chi connectivity index (χ0n) is 11.7. The van der Waals surface area contributed by atoms with Crippen molar-refractivity contribution in [2.24, 2.45) is 5.92 Å². The lowest BCUT2D eigenvalue weighted by Crippen LogP contribution is -2.31. The first kappa shape index (κ1) is 17.3. The van der Waals surface area contributed by atoms with Gasteiger partial charge in [0.2, 0.25) is 0 Å². The van der Waals surface area contributed by atoms with Crippen LogP contribution in [0, 0.1) is 5.92 Å². The van der Waals surface area contributed by atoms with E-state index >= 15 is 0 Å². The SMILES string of the molecule is CCC(C)C(C)NCc1ccc(OC(F)(F)F)c(Br)c1. The highest BCUT2D eigenvalue weighted by Gasteiger charge is 2.31. The number of rotatable bonds is 6. The predicted octanol–water partition coefficient (Wildman–Crippen LogP) is 4.87. The number of hydrogen-bond acceptors (Lipinski definition) is 2. The van der Waals surface area contributed by atoms with Gasteiger partial charge in [0.15, 0.2) is 0 Å². The molecule has 0 saturated heterocycles. The molecule has 0 aromatic heterocycles. The molecule has 0 bridgehead atoms. The molecule has 0 radical (unpaired) electrons. The van der Waals surface area contributed by atoms with Crippen LogP contribution in [-0.2, 0) is 6.54 Å². The van der Waals surface area contributed by atoms with Gasteiger partial charge in [0.25, 0.3) is 0 Å². The van der Waals surface area contributed by atoms with Gasteiger partial charge in [0, 0.05) is 12.6 Å². The van der Waals surface area contributed by atoms with Crippen LogP contribution in [0.2, 0.25) is 0 Å². The molecular weight excluding hydrogens is 335 g/mol. The maximum absolute atomic E-state index is 12.1. The van der Waals surface area contributed by atoms with Crippen molar-refractivity contribution in [2.75, 3.05) is 0 Å². The van der Waals surface area contributed by atoms with Gasteiger partial charge in [0.05, 0.1) is 4.47 Å². The first-order valence-electron chi connectivity index (χ1n) is 6.50. The van der Waals surface area contributed by atoms with Gasteiger partial charge in [-0.1, -0.05) is 26.3 Å². The Bertz CT molecular complexity index is 437. The molecule has 1 aromatic rings. The van der Waals surface area contributed by atoms with Crippen molar-refractivity contribution >= 4 is 15.9 Å². The second kappa shape index (κ2) is 7.31. The Labute approximate surface area is 125 Å². The number of alkyl halides is 3. The standard InChI is InChI=1S/C14H19BrF3NO/c1-4-9(2)10(3)19-8-11-5-6-13(12(15)7-11)20-14(16,17)18/h5-7,9-10,19H,4,8H2,1-3H3. The van der Waals surface area contributed by atoms with Crippen LogP contribution < -0.4 is 10.1 Å². The summed E-state index contributed by atoms with van der Waals surface area (Å²) in [5.41, 5.74) is 0.904. The molecule has 0 heterocycles. The topological polar surface area (TPSA) is 21.3 Å². The predicted molar refractivity (Wildman–Crippen MR) is 76.6 cm³/mol. The van der Waals surface area contributed by atoms with Crippen LogP contribution in [0.25, 0.3) is 0 Å². The van der Waals surface area contributed by atoms with Crippen LogP contribution in [0.5, 0.6) is 5.75 Å². The maximum Gasteiger partial charge on any atom is 0.573 e. The van der Waals surface area contributed by atoms with Crippen LogP contribution in [0.15, 0.2) is 22.7 Å². The van der Waals surface area contributed by atoms with Gasteiger partial charge >= 0.3 is 6.36 Å². The lowest BCUT2D eigenvalue weighted by molar-refractivity contribution is -0.274. The molecule has 20 heavy (non-hydrogen) atoms. The first-order valence-corrected chi connectivity index (χ1v) is 7.29. The molecule has 114 valence electrons. The molecular formula is C14H19BrF3NO. The fraction of sp³-hybridized carbons (Fsp3) is 0.571. The molecule has 2 unspecified atom stereocenters. The summed E-state index contributed by atoms with van der Waals surface area (Å²) in [5.74, 6) is 0.322. The van der Waals surface area contributed by atoms with E-state index in [4.69, 9.17) is 0 Å². The minimum absolute atomic E-state index is 0.226. The third-order valence-corrected chi connectivity index (χ3v) is 3.97. The van der Waals surface area contributed by atoms with E-state index in [0.717, 1.165) is 12.0 Å². The quantitative estimate of drug-likeness (QED) is 0.787. The summed E-state index contributed by atoms with van der Waals surface area (Å²) in [6.07, 6.45) is -3.59. The second-order valence-corrected chi connectivity index (χ2v) is 5.72. The summed E-state index contributed by atoms with van der Waals surface area (Å²) in [6.45, 7) is 7.00. The lowest BCUT2D eigenvalue weighted by atomic mass is 10.0. The molecule has 1 rings (SSSR count). The molecule has 1 N–H and O–H groups in total. The normalized spacial score (nSPS) is 14.9. The van der Waals surface area contributed by atoms with E-state index in [1.165, 1.54) is 6.07 Å². The number of ether oxygens (including phenoxy) is 1. The van der Waals surface area contributed by atoms with Crippen LogP contribution in [0.1, 0.15) is 32.8 Å². The maximum atomic E-state index is 12.1. The number of halogens is 4. The summed E-state index contributed by atoms with van der Waals surface area (Å²) in [6, 6.07) is 4.94. The van der Waals surface area contributed by atoms with Gasteiger partial charge in [-0.3, -0.25) is 0 Å². The Morgan fingerprint density at radius 1 is 1.30 bits per heavy atom. The summed E-state index contributed by atoms with van der Waals surface area (Å²) in [5, 5.41) is 3.36. The van der Waals surface area contributed by atoms with Crippen molar-refractivity contribution < 1.29 is 17.9 Å². The molecule has 2 atom stereocenters. The molecule has 0 aliphatic heterocycles. The van der Waals surface area contributed by atoms with Crippen molar-refractivity contribution in [1.82, 2.24) is 5.32 Å². The van der Waals surface area contributed by atoms with Crippen molar-refractivity contribution in [2.45, 2.75) is 46.1 Å². The molecule has 0 aliphatic carbocycles. The second-order valence-electron chi connectivity index (χ2n) is 4.87. The highest BCUT2D eigenvalue weighted by Crippen LogP contribution is 2.31. The van der Waals surface area contributed by atoms with Gasteiger partial charge in [-0.25, -0.2) is 0 Å². The Morgan fingerprint density at radius 3 is 2.45 bits per heavy atom. The minimum Gasteiger partial charge on any atom is -0.405 e. The van der Waals surface area contributed by atoms with Gasteiger partial charge in [-0.15, -0.1) is 13.2 Å². The fourth-order valence-corrected chi connectivity index (χ4v) is 2.20. The number of benzene rings is 1. The molecule has 1 aromatic carbocycles. The van der Waals surface area contributed by atoms with Crippen LogP contribution in [0.3, 0.4) is 0 Å². The van der Waals surface area contributed by atoms with Gasteiger partial charge in [-0.2, -0.15) is 0 Å². The first-order chi connectivity index (χ1) is 9.23. The van der Waals surface area contributed by atoms with Crippen molar-refractivity contribution in [3.05, 3.63) is 28.2 Å². The average Bonchev–Trinajstić information content (AvgIpc) is 2.36. The van der Waals surface area contributed by atoms with Crippen molar-refractivity contribution in [3.8, 4) is 5.75 Å². The Hall–Kier alpha value is -0.750. The van der Waals surface area contributed by atoms with Gasteiger partial charge < -0.3 is 10.1 Å². The van der Waals surface area contributed by atoms with Gasteiger partial charge in [0.1, 0.15) is 5.75 Å². The number of nitrogens with one attached hydrogen (secondary N) is 1. The zero-order chi connectivity index (χ0) is 15.3. The van der Waals surface area contributed by atoms with E-state index < -0.39 is 6.36 Å². The molecule has 0 amide bonds. The van der Waals surface area contributed by atoms with E-state index in [1.54, 1.807) is 12.1 Å². The van der Waals surface area contributed by atoms with Gasteiger partial charge in [-0.05, 0) is 46.5 Å². The zero-order valence-corrected chi connectivity index (χ0v) is 13.3. The highest BCUT2D eigenvalue weighted by atomic mass is 79.9. The third-order valence-electron chi connectivity index (χ3n) is 3.35. The largest absolute Gasteiger partial charge is 0.573 e. The lowest BCUT2D eigenvalue weighted by Gasteiger charge is -2.20. The summed E-state index contributed by atoms with van der Waals surface area (Å²) in [7, 11) is 0. The Morgan fingerprint density at radius 2 is 1.95 bits per heavy atom. The summed E-state index contributed by atoms with van der Waals surface area (Å²) in [4.78, 5) is 0. The third kappa shape index (κ3) is 5.71. The molecule has 0 saturated carbocycles. The fourth-order valence-electron chi connectivity index (χ4n) is 1.70. The highest BCUT2D eigenvalue weighted by molar-refractivity contribution is 9.10. The van der Waals surface area contributed by atoms with E-state index in [0.29, 0.717) is 23.0 Å². The van der Waals surface area contributed by atoms with E-state index in [1.807, 2.05) is 0 Å². The summed E-state index contributed by atoms with van der Waals surface area (Å²) < 4.78 is 40.6. The van der Waals surface area contributed by atoms with Crippen LogP contribution >= 0.6 is 15.9 Å². The monoisotopic (exact) mass is 353 g/mol. The van der Waals surface area contributed by atoms with Crippen LogP contribution in [0.4, 0.5) is 13.2 Å². The van der Waals surface area contributed by atoms with E-state index in [9.17, 15) is 13.2 Å². The minimum atomic E-state index is -4.67. The molecule has 0 aliphatic rings. The van der Waals surface area contributed by atoms with Crippen molar-refractivity contribution in [1.29, 1.82) is 0 Å².